The second kappa shape index (κ2) is 9.61. The van der Waals surface area contributed by atoms with Gasteiger partial charge in [0, 0.05) is 29.6 Å². The summed E-state index contributed by atoms with van der Waals surface area (Å²) in [6.45, 7) is 3.25. The predicted octanol–water partition coefficient (Wildman–Crippen LogP) is 4.69. The van der Waals surface area contributed by atoms with E-state index >= 15 is 0 Å². The van der Waals surface area contributed by atoms with E-state index in [9.17, 15) is 9.59 Å². The van der Waals surface area contributed by atoms with E-state index in [1.54, 1.807) is 26.1 Å². The van der Waals surface area contributed by atoms with Crippen molar-refractivity contribution in [2.45, 2.75) is 52.0 Å². The number of carboxylic acids is 1. The molecule has 1 aromatic heterocycles. The van der Waals surface area contributed by atoms with Crippen molar-refractivity contribution in [1.29, 1.82) is 0 Å². The first kappa shape index (κ1) is 21.6. The zero-order chi connectivity index (χ0) is 21.6. The smallest absolute Gasteiger partial charge is 0.319 e. The lowest BCUT2D eigenvalue weighted by Gasteiger charge is -2.22. The van der Waals surface area contributed by atoms with Gasteiger partial charge in [-0.05, 0) is 50.5 Å². The fraction of sp³-hybridized carbons (Fsp3) is 0.435. The average molecular weight is 412 g/mol. The number of nitrogens with one attached hydrogen (secondary N) is 2. The summed E-state index contributed by atoms with van der Waals surface area (Å²) in [4.78, 5) is 27.6. The highest BCUT2D eigenvalue weighted by atomic mass is 16.5. The van der Waals surface area contributed by atoms with Crippen LogP contribution in [-0.2, 0) is 4.79 Å². The summed E-state index contributed by atoms with van der Waals surface area (Å²) in [5.74, 6) is -0.536. The van der Waals surface area contributed by atoms with Crippen LogP contribution in [0.2, 0.25) is 0 Å². The highest BCUT2D eigenvalue weighted by molar-refractivity contribution is 5.89. The Hall–Kier alpha value is -3.09. The maximum absolute atomic E-state index is 12.2. The molecule has 1 saturated carbocycles. The van der Waals surface area contributed by atoms with Crippen molar-refractivity contribution in [3.8, 4) is 17.0 Å². The molecule has 1 fully saturated rings. The molecule has 0 spiro atoms. The van der Waals surface area contributed by atoms with Gasteiger partial charge in [-0.3, -0.25) is 4.79 Å². The Bertz CT molecular complexity index is 857. The molecule has 2 amide bonds. The Morgan fingerprint density at radius 2 is 1.73 bits per heavy atom. The van der Waals surface area contributed by atoms with E-state index in [0.29, 0.717) is 5.88 Å². The van der Waals surface area contributed by atoms with Gasteiger partial charge in [-0.1, -0.05) is 31.4 Å². The van der Waals surface area contributed by atoms with Crippen LogP contribution >= 0.6 is 0 Å². The second-order valence-corrected chi connectivity index (χ2v) is 8.37. The summed E-state index contributed by atoms with van der Waals surface area (Å²) in [6.07, 6.45) is 7.38. The Kier molecular flexibility index (Phi) is 6.92. The maximum Gasteiger partial charge on any atom is 0.319 e. The molecule has 7 nitrogen and oxygen atoms in total. The topological polar surface area (TPSA) is 101 Å². The van der Waals surface area contributed by atoms with Crippen LogP contribution in [0.5, 0.6) is 5.88 Å². The molecule has 1 heterocycles. The highest BCUT2D eigenvalue weighted by Gasteiger charge is 2.28. The fourth-order valence-electron chi connectivity index (χ4n) is 3.30. The number of hydrogen-bond donors (Lipinski definition) is 3. The molecule has 7 heteroatoms. The van der Waals surface area contributed by atoms with Crippen LogP contribution in [0.25, 0.3) is 11.1 Å². The zero-order valence-electron chi connectivity index (χ0n) is 17.5. The summed E-state index contributed by atoms with van der Waals surface area (Å²) in [5, 5.41) is 15.1. The second-order valence-electron chi connectivity index (χ2n) is 8.37. The molecule has 3 rings (SSSR count). The van der Waals surface area contributed by atoms with Crippen LogP contribution in [-0.4, -0.2) is 34.7 Å². The van der Waals surface area contributed by atoms with Crippen molar-refractivity contribution in [2.24, 2.45) is 5.41 Å². The Labute approximate surface area is 176 Å². The molecular formula is C23H29N3O4. The number of urea groups is 1. The van der Waals surface area contributed by atoms with Crippen LogP contribution in [0.4, 0.5) is 10.5 Å². The van der Waals surface area contributed by atoms with Gasteiger partial charge in [-0.2, -0.15) is 0 Å². The minimum Gasteiger partial charge on any atom is -0.481 e. The van der Waals surface area contributed by atoms with Crippen LogP contribution in [0.15, 0.2) is 42.6 Å². The van der Waals surface area contributed by atoms with Gasteiger partial charge in [0.2, 0.25) is 5.88 Å². The summed E-state index contributed by atoms with van der Waals surface area (Å²) in [7, 11) is 0. The van der Waals surface area contributed by atoms with Gasteiger partial charge in [0.25, 0.3) is 0 Å². The van der Waals surface area contributed by atoms with E-state index in [2.05, 4.69) is 15.6 Å². The molecule has 0 atom stereocenters. The first-order valence-electron chi connectivity index (χ1n) is 10.3. The highest BCUT2D eigenvalue weighted by Crippen LogP contribution is 2.24. The third-order valence-corrected chi connectivity index (χ3v) is 5.31. The third-order valence-electron chi connectivity index (χ3n) is 5.31. The minimum atomic E-state index is -0.980. The molecule has 1 aliphatic carbocycles. The number of amides is 2. The zero-order valence-corrected chi connectivity index (χ0v) is 17.5. The number of ether oxygens (including phenoxy) is 1. The summed E-state index contributed by atoms with van der Waals surface area (Å²) in [6, 6.07) is 11.2. The number of hydrogen-bond acceptors (Lipinski definition) is 4. The van der Waals surface area contributed by atoms with Gasteiger partial charge in [0.15, 0.2) is 0 Å². The van der Waals surface area contributed by atoms with E-state index in [-0.39, 0.29) is 18.7 Å². The number of aliphatic carboxylic acids is 1. The summed E-state index contributed by atoms with van der Waals surface area (Å²) >= 11 is 0. The molecule has 0 aliphatic heterocycles. The lowest BCUT2D eigenvalue weighted by Crippen LogP contribution is -2.38. The number of rotatable bonds is 7. The fourth-order valence-corrected chi connectivity index (χ4v) is 3.30. The van der Waals surface area contributed by atoms with E-state index in [0.717, 1.165) is 29.7 Å². The number of nitrogens with zero attached hydrogens (tertiary/aromatic N) is 1. The molecule has 0 saturated heterocycles. The first-order chi connectivity index (χ1) is 14.3. The van der Waals surface area contributed by atoms with Gasteiger partial charge in [0.05, 0.1) is 5.41 Å². The van der Waals surface area contributed by atoms with E-state index < -0.39 is 11.4 Å². The molecule has 160 valence electrons. The number of anilines is 1. The largest absolute Gasteiger partial charge is 0.481 e. The molecule has 3 N–H and O–H groups in total. The van der Waals surface area contributed by atoms with E-state index in [1.807, 2.05) is 30.3 Å². The SMILES string of the molecule is CC(C)(COc1ccc(-c2ccc(NC(=O)NC3CCCCC3)cc2)cn1)C(=O)O. The van der Waals surface area contributed by atoms with Crippen LogP contribution in [0, 0.1) is 5.41 Å². The number of carboxylic acid groups (broad SMARTS) is 1. The molecular weight excluding hydrogens is 382 g/mol. The number of carbonyl (C=O) groups is 2. The van der Waals surface area contributed by atoms with Crippen LogP contribution < -0.4 is 15.4 Å². The Balaban J connectivity index is 1.54. The van der Waals surface area contributed by atoms with Crippen molar-refractivity contribution in [1.82, 2.24) is 10.3 Å². The van der Waals surface area contributed by atoms with Gasteiger partial charge in [-0.25, -0.2) is 9.78 Å². The van der Waals surface area contributed by atoms with Crippen molar-refractivity contribution in [3.05, 3.63) is 42.6 Å². The van der Waals surface area contributed by atoms with Crippen LogP contribution in [0.3, 0.4) is 0 Å². The summed E-state index contributed by atoms with van der Waals surface area (Å²) < 4.78 is 5.50. The molecule has 0 bridgehead atoms. The van der Waals surface area contributed by atoms with Crippen molar-refractivity contribution in [2.75, 3.05) is 11.9 Å². The average Bonchev–Trinajstić information content (AvgIpc) is 2.74. The Morgan fingerprint density at radius 1 is 1.07 bits per heavy atom. The van der Waals surface area contributed by atoms with Crippen molar-refractivity contribution >= 4 is 17.7 Å². The maximum atomic E-state index is 12.2. The normalized spacial score (nSPS) is 14.7. The van der Waals surface area contributed by atoms with E-state index in [1.165, 1.54) is 19.3 Å². The standard InChI is InChI=1S/C23H29N3O4/c1-23(2,21(27)28)15-30-20-13-10-17(14-24-20)16-8-11-19(12-9-16)26-22(29)25-18-6-4-3-5-7-18/h8-14,18H,3-7,15H2,1-2H3,(H,27,28)(H2,25,26,29). The van der Waals surface area contributed by atoms with Gasteiger partial charge in [-0.15, -0.1) is 0 Å². The number of pyridine rings is 1. The lowest BCUT2D eigenvalue weighted by atomic mass is 9.95. The summed E-state index contributed by atoms with van der Waals surface area (Å²) in [5.41, 5.74) is 1.61. The first-order valence-corrected chi connectivity index (χ1v) is 10.3. The number of benzene rings is 1. The minimum absolute atomic E-state index is 0.0397. The quantitative estimate of drug-likeness (QED) is 0.613. The van der Waals surface area contributed by atoms with Gasteiger partial charge in [0.1, 0.15) is 6.61 Å². The van der Waals surface area contributed by atoms with Gasteiger partial charge < -0.3 is 20.5 Å². The predicted molar refractivity (Wildman–Crippen MR) is 116 cm³/mol. The van der Waals surface area contributed by atoms with Crippen molar-refractivity contribution < 1.29 is 19.4 Å². The number of carbonyl (C=O) groups excluding carboxylic acids is 1. The lowest BCUT2D eigenvalue weighted by molar-refractivity contribution is -0.148. The van der Waals surface area contributed by atoms with Crippen LogP contribution in [0.1, 0.15) is 46.0 Å². The molecule has 1 aliphatic rings. The molecule has 0 unspecified atom stereocenters. The third kappa shape index (κ3) is 5.95. The van der Waals surface area contributed by atoms with E-state index in [4.69, 9.17) is 9.84 Å². The number of aromatic nitrogens is 1. The molecule has 1 aromatic carbocycles. The van der Waals surface area contributed by atoms with Crippen molar-refractivity contribution in [3.63, 3.8) is 0 Å². The Morgan fingerprint density at radius 3 is 2.33 bits per heavy atom. The van der Waals surface area contributed by atoms with Gasteiger partial charge >= 0.3 is 12.0 Å². The molecule has 2 aromatic rings. The molecule has 30 heavy (non-hydrogen) atoms. The monoisotopic (exact) mass is 411 g/mol. The molecule has 0 radical (unpaired) electrons.